The molecule has 1 aromatic heterocycles. The average Bonchev–Trinajstić information content (AvgIpc) is 2.35. The molecule has 1 aromatic carbocycles. The van der Waals surface area contributed by atoms with Gasteiger partial charge in [0, 0.05) is 10.7 Å². The summed E-state index contributed by atoms with van der Waals surface area (Å²) in [5.74, 6) is -0.964. The Morgan fingerprint density at radius 1 is 1.09 bits per heavy atom. The molecule has 1 heterocycles. The van der Waals surface area contributed by atoms with Crippen LogP contribution in [0, 0.1) is 0 Å². The Bertz CT molecular complexity index is 943. The van der Waals surface area contributed by atoms with Crippen LogP contribution < -0.4 is 4.18 Å². The number of halogens is 4. The van der Waals surface area contributed by atoms with Gasteiger partial charge in [0.15, 0.2) is 0 Å². The zero-order valence-electron chi connectivity index (χ0n) is 10.1. The lowest BCUT2D eigenvalue weighted by Gasteiger charge is -2.08. The molecule has 2 aromatic rings. The second-order valence-corrected chi connectivity index (χ2v) is 7.88. The molecule has 0 aliphatic heterocycles. The fraction of sp³-hybridized carbons (Fsp3) is 0.111. The molecule has 0 amide bonds. The van der Waals surface area contributed by atoms with Gasteiger partial charge in [-0.1, -0.05) is 0 Å². The van der Waals surface area contributed by atoms with Crippen molar-refractivity contribution < 1.29 is 34.2 Å². The van der Waals surface area contributed by atoms with E-state index in [-0.39, 0.29) is 15.9 Å². The van der Waals surface area contributed by atoms with Crippen LogP contribution in [-0.4, -0.2) is 32.3 Å². The molecule has 0 saturated carbocycles. The molecule has 0 radical (unpaired) electrons. The third-order valence-corrected chi connectivity index (χ3v) is 4.56. The molecule has 22 heavy (non-hydrogen) atoms. The lowest BCUT2D eigenvalue weighted by atomic mass is 10.3. The summed E-state index contributed by atoms with van der Waals surface area (Å²) in [7, 11) is -4.89. The summed E-state index contributed by atoms with van der Waals surface area (Å²) < 4.78 is 84.4. The van der Waals surface area contributed by atoms with Crippen molar-refractivity contribution in [3.05, 3.63) is 24.4 Å². The van der Waals surface area contributed by atoms with E-state index in [9.17, 15) is 30.0 Å². The van der Waals surface area contributed by atoms with Crippen molar-refractivity contribution in [1.82, 2.24) is 9.97 Å². The minimum Gasteiger partial charge on any atom is -0.354 e. The van der Waals surface area contributed by atoms with Crippen molar-refractivity contribution in [3.8, 4) is 5.88 Å². The topological polar surface area (TPSA) is 103 Å². The molecule has 0 saturated heterocycles. The average molecular weight is 377 g/mol. The summed E-state index contributed by atoms with van der Waals surface area (Å²) in [5.41, 5.74) is -5.75. The molecule has 0 bridgehead atoms. The van der Waals surface area contributed by atoms with Crippen LogP contribution in [0.2, 0.25) is 0 Å². The molecule has 0 aliphatic rings. The molecule has 0 spiro atoms. The molecule has 0 N–H and O–H groups in total. The number of rotatable bonds is 3. The number of hydrogen-bond donors (Lipinski definition) is 0. The number of alkyl halides is 3. The highest BCUT2D eigenvalue weighted by Gasteiger charge is 2.48. The first kappa shape index (κ1) is 16.7. The van der Waals surface area contributed by atoms with E-state index in [2.05, 4.69) is 14.2 Å². The molecule has 0 fully saturated rings. The summed E-state index contributed by atoms with van der Waals surface area (Å²) >= 11 is 0. The van der Waals surface area contributed by atoms with Crippen molar-refractivity contribution in [2.24, 2.45) is 0 Å². The second kappa shape index (κ2) is 5.21. The summed E-state index contributed by atoms with van der Waals surface area (Å²) in [5, 5.41) is 0. The minimum absolute atomic E-state index is 0.0980. The van der Waals surface area contributed by atoms with Gasteiger partial charge in [-0.25, -0.2) is 18.4 Å². The number of nitrogens with zero attached hydrogens (tertiary/aromatic N) is 2. The van der Waals surface area contributed by atoms with Gasteiger partial charge in [0.05, 0.1) is 22.1 Å². The first-order valence-electron chi connectivity index (χ1n) is 5.12. The van der Waals surface area contributed by atoms with Crippen molar-refractivity contribution in [2.45, 2.75) is 10.4 Å². The van der Waals surface area contributed by atoms with Crippen LogP contribution in [0.1, 0.15) is 0 Å². The smallest absolute Gasteiger partial charge is 0.354 e. The molecule has 2 rings (SSSR count). The first-order chi connectivity index (χ1) is 9.90. The highest BCUT2D eigenvalue weighted by molar-refractivity contribution is 8.13. The summed E-state index contributed by atoms with van der Waals surface area (Å²) in [6.45, 7) is 0. The zero-order valence-corrected chi connectivity index (χ0v) is 12.5. The second-order valence-electron chi connectivity index (χ2n) is 3.78. The molecule has 0 unspecified atom stereocenters. The molecule has 120 valence electrons. The Labute approximate surface area is 126 Å². The van der Waals surface area contributed by atoms with Gasteiger partial charge in [0.1, 0.15) is 0 Å². The molecule has 7 nitrogen and oxygen atoms in total. The fourth-order valence-electron chi connectivity index (χ4n) is 1.33. The third-order valence-electron chi connectivity index (χ3n) is 2.25. The lowest BCUT2D eigenvalue weighted by Crippen LogP contribution is -2.28. The minimum atomic E-state index is -5.90. The monoisotopic (exact) mass is 376 g/mol. The highest BCUT2D eigenvalue weighted by Crippen LogP contribution is 2.27. The normalized spacial score (nSPS) is 13.3. The van der Waals surface area contributed by atoms with E-state index in [0.717, 1.165) is 12.1 Å². The van der Waals surface area contributed by atoms with Crippen molar-refractivity contribution in [1.29, 1.82) is 0 Å². The van der Waals surface area contributed by atoms with Crippen LogP contribution in [0.15, 0.2) is 29.3 Å². The van der Waals surface area contributed by atoms with Crippen LogP contribution in [0.4, 0.5) is 13.2 Å². The highest BCUT2D eigenvalue weighted by atomic mass is 35.7. The maximum absolute atomic E-state index is 12.2. The van der Waals surface area contributed by atoms with Gasteiger partial charge in [-0.3, -0.25) is 0 Å². The third kappa shape index (κ3) is 3.39. The van der Waals surface area contributed by atoms with Crippen LogP contribution >= 0.6 is 10.7 Å². The number of benzene rings is 1. The van der Waals surface area contributed by atoms with E-state index in [1.165, 1.54) is 6.07 Å². The number of aromatic nitrogens is 2. The predicted molar refractivity (Wildman–Crippen MR) is 68.2 cm³/mol. The Morgan fingerprint density at radius 3 is 2.27 bits per heavy atom. The van der Waals surface area contributed by atoms with E-state index >= 15 is 0 Å². The molecular weight excluding hydrogens is 373 g/mol. The summed E-state index contributed by atoms with van der Waals surface area (Å²) in [4.78, 5) is 6.69. The van der Waals surface area contributed by atoms with E-state index in [0.29, 0.717) is 6.20 Å². The predicted octanol–water partition coefficient (Wildman–Crippen LogP) is 1.79. The van der Waals surface area contributed by atoms with Gasteiger partial charge >= 0.3 is 15.6 Å². The Balaban J connectivity index is 2.50. The van der Waals surface area contributed by atoms with E-state index in [1.54, 1.807) is 0 Å². The fourth-order valence-corrected chi connectivity index (χ4v) is 2.50. The van der Waals surface area contributed by atoms with Crippen LogP contribution in [0.25, 0.3) is 11.0 Å². The van der Waals surface area contributed by atoms with Crippen molar-refractivity contribution >= 4 is 40.9 Å². The SMILES string of the molecule is O=S(=O)(Cl)c1ccc2ncc(OS(=O)(=O)C(F)(F)F)nc2c1. The van der Waals surface area contributed by atoms with E-state index < -0.39 is 30.6 Å². The lowest BCUT2D eigenvalue weighted by molar-refractivity contribution is -0.0501. The number of fused-ring (bicyclic) bond motifs is 1. The van der Waals surface area contributed by atoms with Gasteiger partial charge in [0.2, 0.25) is 0 Å². The molecule has 13 heteroatoms. The van der Waals surface area contributed by atoms with Crippen LogP contribution in [0.3, 0.4) is 0 Å². The van der Waals surface area contributed by atoms with E-state index in [1.807, 2.05) is 0 Å². The maximum Gasteiger partial charge on any atom is 0.534 e. The first-order valence-corrected chi connectivity index (χ1v) is 8.84. The quantitative estimate of drug-likeness (QED) is 0.457. The molecular formula is C9H4ClF3N2O5S2. The van der Waals surface area contributed by atoms with E-state index in [4.69, 9.17) is 10.7 Å². The Morgan fingerprint density at radius 2 is 1.73 bits per heavy atom. The maximum atomic E-state index is 12.2. The zero-order chi connectivity index (χ0) is 16.8. The number of hydrogen-bond acceptors (Lipinski definition) is 7. The van der Waals surface area contributed by atoms with Gasteiger partial charge in [-0.2, -0.15) is 21.6 Å². The van der Waals surface area contributed by atoms with Gasteiger partial charge < -0.3 is 4.18 Å². The molecule has 0 atom stereocenters. The summed E-state index contributed by atoms with van der Waals surface area (Å²) in [6.07, 6.45) is 0.653. The Kier molecular flexibility index (Phi) is 3.96. The van der Waals surface area contributed by atoms with Crippen molar-refractivity contribution in [2.75, 3.05) is 0 Å². The van der Waals surface area contributed by atoms with Gasteiger partial charge in [0.25, 0.3) is 14.9 Å². The largest absolute Gasteiger partial charge is 0.534 e. The van der Waals surface area contributed by atoms with Gasteiger partial charge in [-0.15, -0.1) is 0 Å². The van der Waals surface area contributed by atoms with Crippen LogP contribution in [-0.2, 0) is 19.2 Å². The van der Waals surface area contributed by atoms with Crippen molar-refractivity contribution in [3.63, 3.8) is 0 Å². The van der Waals surface area contributed by atoms with Gasteiger partial charge in [-0.05, 0) is 18.2 Å². The molecule has 0 aliphatic carbocycles. The Hall–Kier alpha value is -1.66. The summed E-state index contributed by atoms with van der Waals surface area (Å²) in [6, 6.07) is 3.21. The van der Waals surface area contributed by atoms with Crippen LogP contribution in [0.5, 0.6) is 5.88 Å². The standard InChI is InChI=1S/C9H4ClF3N2O5S2/c10-21(16,17)5-1-2-6-7(3-5)15-8(4-14-6)20-22(18,19)9(11,12)13/h1-4H.